The maximum Gasteiger partial charge on any atom is 0.320 e. The van der Waals surface area contributed by atoms with Crippen LogP contribution in [0.25, 0.3) is 0 Å². The lowest BCUT2D eigenvalue weighted by atomic mass is 9.68. The summed E-state index contributed by atoms with van der Waals surface area (Å²) in [5.41, 5.74) is 0.249. The summed E-state index contributed by atoms with van der Waals surface area (Å²) in [7, 11) is 2.03. The van der Waals surface area contributed by atoms with Crippen molar-refractivity contribution in [1.29, 1.82) is 5.26 Å². The first-order valence-corrected chi connectivity index (χ1v) is 10.9. The Morgan fingerprint density at radius 1 is 1.14 bits per heavy atom. The van der Waals surface area contributed by atoms with Crippen LogP contribution < -0.4 is 5.32 Å². The Morgan fingerprint density at radius 2 is 1.83 bits per heavy atom. The summed E-state index contributed by atoms with van der Waals surface area (Å²) in [5.74, 6) is 0. The highest BCUT2D eigenvalue weighted by Crippen LogP contribution is 2.48. The first-order chi connectivity index (χ1) is 14.0. The van der Waals surface area contributed by atoms with Crippen LogP contribution in [0.1, 0.15) is 56.9 Å². The van der Waals surface area contributed by atoms with E-state index in [1.807, 2.05) is 22.9 Å². The predicted molar refractivity (Wildman–Crippen MR) is 111 cm³/mol. The van der Waals surface area contributed by atoms with Gasteiger partial charge in [-0.2, -0.15) is 5.26 Å². The number of nitriles is 1. The molecular weight excluding hydrogens is 364 g/mol. The molecule has 1 aromatic rings. The van der Waals surface area contributed by atoms with Crippen molar-refractivity contribution in [3.8, 4) is 6.07 Å². The molecule has 2 amide bonds. The minimum atomic E-state index is -0.731. The first-order valence-electron chi connectivity index (χ1n) is 10.9. The van der Waals surface area contributed by atoms with Crippen LogP contribution in [0.4, 0.5) is 4.79 Å². The Morgan fingerprint density at radius 3 is 2.38 bits per heavy atom. The molecule has 2 saturated carbocycles. The van der Waals surface area contributed by atoms with Gasteiger partial charge in [-0.1, -0.05) is 30.3 Å². The van der Waals surface area contributed by atoms with E-state index >= 15 is 0 Å². The summed E-state index contributed by atoms with van der Waals surface area (Å²) in [6.45, 7) is 1.56. The molecule has 2 aliphatic carbocycles. The van der Waals surface area contributed by atoms with E-state index in [0.29, 0.717) is 26.1 Å². The SMILES string of the molecule is CNC1(c2ccccc2)CCC2(CC1)CN(CCC#N)C(=O)N2CC1(O)CCC1. The Kier molecular flexibility index (Phi) is 5.30. The normalized spacial score (nSPS) is 31.0. The van der Waals surface area contributed by atoms with Crippen molar-refractivity contribution in [3.63, 3.8) is 0 Å². The Labute approximate surface area is 173 Å². The molecule has 0 atom stereocenters. The number of amides is 2. The van der Waals surface area contributed by atoms with Crippen LogP contribution in [0.3, 0.4) is 0 Å². The fourth-order valence-electron chi connectivity index (χ4n) is 5.52. The van der Waals surface area contributed by atoms with E-state index < -0.39 is 5.60 Å². The molecule has 0 unspecified atom stereocenters. The molecule has 0 aromatic heterocycles. The minimum Gasteiger partial charge on any atom is -0.388 e. The summed E-state index contributed by atoms with van der Waals surface area (Å²) in [6.07, 6.45) is 6.61. The molecular formula is C23H32N4O2. The van der Waals surface area contributed by atoms with Gasteiger partial charge in [-0.15, -0.1) is 0 Å². The molecule has 1 spiro atoms. The number of benzene rings is 1. The summed E-state index contributed by atoms with van der Waals surface area (Å²) < 4.78 is 0. The number of hydrogen-bond donors (Lipinski definition) is 2. The lowest BCUT2D eigenvalue weighted by Crippen LogP contribution is -2.59. The van der Waals surface area contributed by atoms with Gasteiger partial charge in [0.1, 0.15) is 0 Å². The van der Waals surface area contributed by atoms with Gasteiger partial charge < -0.3 is 20.2 Å². The number of rotatable bonds is 6. The number of nitrogens with zero attached hydrogens (tertiary/aromatic N) is 3. The zero-order valence-electron chi connectivity index (χ0n) is 17.4. The molecule has 1 heterocycles. The molecule has 29 heavy (non-hydrogen) atoms. The molecule has 6 nitrogen and oxygen atoms in total. The van der Waals surface area contributed by atoms with Crippen LogP contribution in [0.15, 0.2) is 30.3 Å². The maximum absolute atomic E-state index is 13.2. The van der Waals surface area contributed by atoms with Gasteiger partial charge in [0.25, 0.3) is 0 Å². The molecule has 1 aliphatic heterocycles. The standard InChI is InChI=1S/C23H32N4O2/c1-25-23(19-7-3-2-4-8-19)13-11-21(12-14-23)17-26(16-6-15-24)20(28)27(21)18-22(29)9-5-10-22/h2-4,7-8,25,29H,5-6,9-14,16-18H2,1H3. The number of aliphatic hydroxyl groups is 1. The van der Waals surface area contributed by atoms with Gasteiger partial charge in [0.05, 0.1) is 30.2 Å². The van der Waals surface area contributed by atoms with Gasteiger partial charge in [-0.3, -0.25) is 0 Å². The van der Waals surface area contributed by atoms with Gasteiger partial charge in [-0.05, 0) is 57.6 Å². The van der Waals surface area contributed by atoms with E-state index in [0.717, 1.165) is 44.9 Å². The molecule has 2 N–H and O–H groups in total. The number of urea groups is 1. The predicted octanol–water partition coefficient (Wildman–Crippen LogP) is 2.98. The fraction of sp³-hybridized carbons (Fsp3) is 0.652. The second kappa shape index (κ2) is 7.62. The highest BCUT2D eigenvalue weighted by molar-refractivity contribution is 5.78. The number of carbonyl (C=O) groups is 1. The van der Waals surface area contributed by atoms with E-state index in [4.69, 9.17) is 5.26 Å². The van der Waals surface area contributed by atoms with Gasteiger partial charge >= 0.3 is 6.03 Å². The molecule has 3 fully saturated rings. The zero-order chi connectivity index (χ0) is 20.5. The average Bonchev–Trinajstić information content (AvgIpc) is 2.98. The fourth-order valence-corrected chi connectivity index (χ4v) is 5.52. The molecule has 0 radical (unpaired) electrons. The molecule has 4 rings (SSSR count). The van der Waals surface area contributed by atoms with E-state index in [-0.39, 0.29) is 17.1 Å². The van der Waals surface area contributed by atoms with Crippen molar-refractivity contribution < 1.29 is 9.90 Å². The number of nitrogens with one attached hydrogen (secondary N) is 1. The van der Waals surface area contributed by atoms with Crippen molar-refractivity contribution in [3.05, 3.63) is 35.9 Å². The van der Waals surface area contributed by atoms with Gasteiger partial charge in [-0.25, -0.2) is 4.79 Å². The van der Waals surface area contributed by atoms with Crippen LogP contribution in [-0.4, -0.2) is 58.8 Å². The third kappa shape index (κ3) is 3.51. The molecule has 3 aliphatic rings. The van der Waals surface area contributed by atoms with Crippen LogP contribution in [-0.2, 0) is 5.54 Å². The topological polar surface area (TPSA) is 79.6 Å². The number of carbonyl (C=O) groups excluding carboxylic acids is 1. The summed E-state index contributed by atoms with van der Waals surface area (Å²) in [4.78, 5) is 17.0. The largest absolute Gasteiger partial charge is 0.388 e. The second-order valence-corrected chi connectivity index (χ2v) is 9.20. The van der Waals surface area contributed by atoms with E-state index in [9.17, 15) is 9.90 Å². The first kappa shape index (κ1) is 20.2. The summed E-state index contributed by atoms with van der Waals surface area (Å²) >= 11 is 0. The summed E-state index contributed by atoms with van der Waals surface area (Å²) in [5, 5.41) is 23.4. The lowest BCUT2D eigenvalue weighted by Gasteiger charge is -2.50. The summed E-state index contributed by atoms with van der Waals surface area (Å²) in [6, 6.07) is 12.7. The number of β-amino-alcohol motifs (C(OH)–C–C–N with tert-alkyl or cyclic N) is 1. The van der Waals surface area contributed by atoms with Gasteiger partial charge in [0.15, 0.2) is 0 Å². The van der Waals surface area contributed by atoms with Crippen molar-refractivity contribution in [2.75, 3.05) is 26.7 Å². The quantitative estimate of drug-likeness (QED) is 0.775. The van der Waals surface area contributed by atoms with E-state index in [1.165, 1.54) is 5.56 Å². The molecule has 6 heteroatoms. The van der Waals surface area contributed by atoms with Crippen molar-refractivity contribution in [1.82, 2.24) is 15.1 Å². The number of hydrogen-bond acceptors (Lipinski definition) is 4. The lowest BCUT2D eigenvalue weighted by molar-refractivity contribution is -0.0690. The highest BCUT2D eigenvalue weighted by Gasteiger charge is 2.55. The van der Waals surface area contributed by atoms with E-state index in [2.05, 4.69) is 35.7 Å². The maximum atomic E-state index is 13.2. The smallest absolute Gasteiger partial charge is 0.320 e. The van der Waals surface area contributed by atoms with Crippen LogP contribution >= 0.6 is 0 Å². The van der Waals surface area contributed by atoms with Crippen LogP contribution in [0.2, 0.25) is 0 Å². The van der Waals surface area contributed by atoms with Crippen LogP contribution in [0, 0.1) is 11.3 Å². The van der Waals surface area contributed by atoms with Crippen molar-refractivity contribution in [2.45, 2.75) is 68.0 Å². The molecule has 156 valence electrons. The minimum absolute atomic E-state index is 0.00255. The Bertz CT molecular complexity index is 776. The van der Waals surface area contributed by atoms with Crippen LogP contribution in [0.5, 0.6) is 0 Å². The average molecular weight is 397 g/mol. The van der Waals surface area contributed by atoms with Crippen molar-refractivity contribution in [2.24, 2.45) is 0 Å². The molecule has 0 bridgehead atoms. The molecule has 1 saturated heterocycles. The van der Waals surface area contributed by atoms with Gasteiger partial charge in [0.2, 0.25) is 0 Å². The molecule has 1 aromatic carbocycles. The van der Waals surface area contributed by atoms with Crippen molar-refractivity contribution >= 4 is 6.03 Å². The van der Waals surface area contributed by atoms with E-state index in [1.54, 1.807) is 0 Å². The zero-order valence-corrected chi connectivity index (χ0v) is 17.4. The highest BCUT2D eigenvalue weighted by atomic mass is 16.3. The Balaban J connectivity index is 1.57. The third-order valence-corrected chi connectivity index (χ3v) is 7.63. The second-order valence-electron chi connectivity index (χ2n) is 9.20. The monoisotopic (exact) mass is 396 g/mol. The third-order valence-electron chi connectivity index (χ3n) is 7.63. The van der Waals surface area contributed by atoms with Gasteiger partial charge in [0, 0.05) is 18.6 Å². The Hall–Kier alpha value is -2.10.